The van der Waals surface area contributed by atoms with E-state index >= 15 is 0 Å². The number of hydrogen-bond acceptors (Lipinski definition) is 3. The first-order valence-electron chi connectivity index (χ1n) is 3.85. The quantitative estimate of drug-likeness (QED) is 0.447. The van der Waals surface area contributed by atoms with Gasteiger partial charge in [-0.05, 0) is 12.8 Å². The highest BCUT2D eigenvalue weighted by atomic mass is 16.3. The van der Waals surface area contributed by atoms with Crippen molar-refractivity contribution in [2.75, 3.05) is 26.2 Å². The molecule has 1 aliphatic carbocycles. The van der Waals surface area contributed by atoms with Crippen LogP contribution in [0.2, 0.25) is 0 Å². The van der Waals surface area contributed by atoms with Gasteiger partial charge in [-0.3, -0.25) is 0 Å². The number of hydrogen-bond donors (Lipinski definition) is 3. The molecule has 0 aromatic carbocycles. The van der Waals surface area contributed by atoms with Gasteiger partial charge in [-0.2, -0.15) is 0 Å². The molecule has 4 N–H and O–H groups in total. The van der Waals surface area contributed by atoms with E-state index in [1.807, 2.05) is 0 Å². The third-order valence-corrected chi connectivity index (χ3v) is 2.11. The predicted molar refractivity (Wildman–Crippen MR) is 40.7 cm³/mol. The predicted octanol–water partition coefficient (Wildman–Crippen LogP) is -0.693. The third kappa shape index (κ3) is 1.94. The summed E-state index contributed by atoms with van der Waals surface area (Å²) >= 11 is 0. The molecule has 0 aromatic heterocycles. The summed E-state index contributed by atoms with van der Waals surface area (Å²) in [5, 5.41) is 12.1. The average molecular weight is 144 g/mol. The molecule has 0 spiro atoms. The SMILES string of the molecule is NCCNCC1(CO)CC1. The molecule has 0 saturated heterocycles. The molecule has 10 heavy (non-hydrogen) atoms. The molecule has 0 aromatic rings. The van der Waals surface area contributed by atoms with Gasteiger partial charge in [0.05, 0.1) is 0 Å². The zero-order valence-corrected chi connectivity index (χ0v) is 6.27. The lowest BCUT2D eigenvalue weighted by molar-refractivity contribution is 0.208. The van der Waals surface area contributed by atoms with Crippen LogP contribution in [0.4, 0.5) is 0 Å². The van der Waals surface area contributed by atoms with Gasteiger partial charge >= 0.3 is 0 Å². The summed E-state index contributed by atoms with van der Waals surface area (Å²) in [5.74, 6) is 0. The van der Waals surface area contributed by atoms with E-state index in [-0.39, 0.29) is 5.41 Å². The van der Waals surface area contributed by atoms with Crippen LogP contribution in [0.3, 0.4) is 0 Å². The molecule has 0 amide bonds. The molecule has 1 rings (SSSR count). The summed E-state index contributed by atoms with van der Waals surface area (Å²) in [4.78, 5) is 0. The maximum atomic E-state index is 8.88. The summed E-state index contributed by atoms with van der Waals surface area (Å²) in [7, 11) is 0. The second-order valence-electron chi connectivity index (χ2n) is 3.12. The van der Waals surface area contributed by atoms with Crippen LogP contribution < -0.4 is 11.1 Å². The molecule has 1 fully saturated rings. The fourth-order valence-corrected chi connectivity index (χ4v) is 1.02. The summed E-state index contributed by atoms with van der Waals surface area (Å²) in [6.45, 7) is 2.80. The van der Waals surface area contributed by atoms with E-state index in [1.54, 1.807) is 0 Å². The van der Waals surface area contributed by atoms with Crippen LogP contribution in [0.5, 0.6) is 0 Å². The Morgan fingerprint density at radius 1 is 1.50 bits per heavy atom. The van der Waals surface area contributed by atoms with Crippen LogP contribution >= 0.6 is 0 Å². The molecule has 0 aliphatic heterocycles. The zero-order chi connectivity index (χ0) is 7.45. The minimum Gasteiger partial charge on any atom is -0.396 e. The third-order valence-electron chi connectivity index (χ3n) is 2.11. The van der Waals surface area contributed by atoms with Crippen LogP contribution in [0.1, 0.15) is 12.8 Å². The lowest BCUT2D eigenvalue weighted by Gasteiger charge is -2.11. The van der Waals surface area contributed by atoms with Crippen molar-refractivity contribution >= 4 is 0 Å². The first-order valence-corrected chi connectivity index (χ1v) is 3.85. The van der Waals surface area contributed by atoms with Crippen molar-refractivity contribution < 1.29 is 5.11 Å². The molecular formula is C7H16N2O. The molecule has 1 aliphatic rings. The van der Waals surface area contributed by atoms with Gasteiger partial charge in [0.1, 0.15) is 0 Å². The molecule has 3 nitrogen and oxygen atoms in total. The lowest BCUT2D eigenvalue weighted by Crippen LogP contribution is -2.30. The molecule has 1 saturated carbocycles. The Bertz CT molecular complexity index is 102. The largest absolute Gasteiger partial charge is 0.396 e. The van der Waals surface area contributed by atoms with E-state index in [1.165, 1.54) is 12.8 Å². The van der Waals surface area contributed by atoms with Crippen molar-refractivity contribution in [3.63, 3.8) is 0 Å². The van der Waals surface area contributed by atoms with Gasteiger partial charge in [0.2, 0.25) is 0 Å². The van der Waals surface area contributed by atoms with E-state index in [9.17, 15) is 0 Å². The first-order chi connectivity index (χ1) is 4.83. The second-order valence-corrected chi connectivity index (χ2v) is 3.12. The fraction of sp³-hybridized carbons (Fsp3) is 1.00. The van der Waals surface area contributed by atoms with Crippen molar-refractivity contribution in [3.05, 3.63) is 0 Å². The van der Waals surface area contributed by atoms with E-state index in [4.69, 9.17) is 10.8 Å². The van der Waals surface area contributed by atoms with Crippen LogP contribution in [0, 0.1) is 5.41 Å². The molecule has 0 heterocycles. The van der Waals surface area contributed by atoms with Crippen LogP contribution in [-0.4, -0.2) is 31.3 Å². The molecular weight excluding hydrogens is 128 g/mol. The van der Waals surface area contributed by atoms with Crippen molar-refractivity contribution in [2.45, 2.75) is 12.8 Å². The number of nitrogens with one attached hydrogen (secondary N) is 1. The summed E-state index contributed by atoms with van der Waals surface area (Å²) in [6.07, 6.45) is 2.34. The number of nitrogens with two attached hydrogens (primary N) is 1. The van der Waals surface area contributed by atoms with E-state index < -0.39 is 0 Å². The van der Waals surface area contributed by atoms with Crippen molar-refractivity contribution in [1.82, 2.24) is 5.32 Å². The van der Waals surface area contributed by atoms with Gasteiger partial charge in [0.25, 0.3) is 0 Å². The Kier molecular flexibility index (Phi) is 2.65. The molecule has 0 bridgehead atoms. The van der Waals surface area contributed by atoms with E-state index in [0.29, 0.717) is 13.2 Å². The topological polar surface area (TPSA) is 58.3 Å². The van der Waals surface area contributed by atoms with Gasteiger partial charge < -0.3 is 16.2 Å². The van der Waals surface area contributed by atoms with Gasteiger partial charge in [-0.25, -0.2) is 0 Å². The Morgan fingerprint density at radius 3 is 2.60 bits per heavy atom. The Morgan fingerprint density at radius 2 is 2.20 bits per heavy atom. The normalized spacial score (nSPS) is 21.0. The monoisotopic (exact) mass is 144 g/mol. The van der Waals surface area contributed by atoms with Crippen LogP contribution in [0.15, 0.2) is 0 Å². The first kappa shape index (κ1) is 7.98. The van der Waals surface area contributed by atoms with Gasteiger partial charge in [-0.1, -0.05) is 0 Å². The smallest absolute Gasteiger partial charge is 0.0499 e. The Balaban J connectivity index is 2.01. The van der Waals surface area contributed by atoms with Gasteiger partial charge in [0.15, 0.2) is 0 Å². The highest BCUT2D eigenvalue weighted by Crippen LogP contribution is 2.44. The van der Waals surface area contributed by atoms with Crippen LogP contribution in [0.25, 0.3) is 0 Å². The molecule has 0 unspecified atom stereocenters. The maximum Gasteiger partial charge on any atom is 0.0499 e. The van der Waals surface area contributed by atoms with Crippen molar-refractivity contribution in [2.24, 2.45) is 11.1 Å². The highest BCUT2D eigenvalue weighted by Gasteiger charge is 2.41. The maximum absolute atomic E-state index is 8.88. The van der Waals surface area contributed by atoms with Crippen LogP contribution in [-0.2, 0) is 0 Å². The van der Waals surface area contributed by atoms with E-state index in [0.717, 1.165) is 13.1 Å². The average Bonchev–Trinajstić information content (AvgIpc) is 2.70. The fourth-order valence-electron chi connectivity index (χ4n) is 1.02. The molecule has 3 heteroatoms. The van der Waals surface area contributed by atoms with Gasteiger partial charge in [0, 0.05) is 31.7 Å². The second kappa shape index (κ2) is 3.32. The number of aliphatic hydroxyl groups excluding tert-OH is 1. The zero-order valence-electron chi connectivity index (χ0n) is 6.27. The van der Waals surface area contributed by atoms with Crippen molar-refractivity contribution in [1.29, 1.82) is 0 Å². The summed E-state index contributed by atoms with van der Waals surface area (Å²) < 4.78 is 0. The Labute approximate surface area is 61.6 Å². The number of aliphatic hydroxyl groups is 1. The number of rotatable bonds is 5. The lowest BCUT2D eigenvalue weighted by atomic mass is 10.1. The minimum atomic E-state index is 0.231. The molecule has 0 atom stereocenters. The highest BCUT2D eigenvalue weighted by molar-refractivity contribution is 4.94. The Hall–Kier alpha value is -0.120. The summed E-state index contributed by atoms with van der Waals surface area (Å²) in [5.41, 5.74) is 5.53. The molecule has 0 radical (unpaired) electrons. The summed E-state index contributed by atoms with van der Waals surface area (Å²) in [6, 6.07) is 0. The van der Waals surface area contributed by atoms with Crippen molar-refractivity contribution in [3.8, 4) is 0 Å². The van der Waals surface area contributed by atoms with E-state index in [2.05, 4.69) is 5.32 Å². The molecule has 60 valence electrons. The van der Waals surface area contributed by atoms with Gasteiger partial charge in [-0.15, -0.1) is 0 Å². The minimum absolute atomic E-state index is 0.231. The standard InChI is InChI=1S/C7H16N2O/c8-3-4-9-5-7(6-10)1-2-7/h9-10H,1-6,8H2.